The zero-order valence-corrected chi connectivity index (χ0v) is 7.71. The number of aliphatic hydroxyl groups excluding tert-OH is 1. The molecule has 1 aliphatic rings. The van der Waals surface area contributed by atoms with Crippen LogP contribution in [0.15, 0.2) is 18.2 Å². The van der Waals surface area contributed by atoms with E-state index in [1.807, 2.05) is 0 Å². The summed E-state index contributed by atoms with van der Waals surface area (Å²) in [6.45, 7) is 0. The van der Waals surface area contributed by atoms with Crippen LogP contribution in [0.3, 0.4) is 0 Å². The minimum Gasteiger partial charge on any atom is -0.392 e. The van der Waals surface area contributed by atoms with Crippen molar-refractivity contribution in [3.8, 4) is 0 Å². The van der Waals surface area contributed by atoms with Gasteiger partial charge in [-0.15, -0.1) is 0 Å². The van der Waals surface area contributed by atoms with Gasteiger partial charge < -0.3 is 5.11 Å². The fraction of sp³-hybridized carbons (Fsp3) is 0.455. The Labute approximate surface area is 81.4 Å². The number of hydrogen-bond acceptors (Lipinski definition) is 1. The number of hydrogen-bond donors (Lipinski definition) is 1. The first-order valence-electron chi connectivity index (χ1n) is 4.79. The molecule has 0 aliphatic heterocycles. The summed E-state index contributed by atoms with van der Waals surface area (Å²) in [7, 11) is 0. The number of halogens is 2. The van der Waals surface area contributed by atoms with Crippen LogP contribution in [0.25, 0.3) is 0 Å². The van der Waals surface area contributed by atoms with Crippen molar-refractivity contribution >= 4 is 0 Å². The van der Waals surface area contributed by atoms with E-state index in [0.29, 0.717) is 0 Å². The average molecular weight is 198 g/mol. The van der Waals surface area contributed by atoms with Crippen LogP contribution in [0.1, 0.15) is 18.4 Å². The smallest absolute Gasteiger partial charge is 0.126 e. The first-order chi connectivity index (χ1) is 6.66. The van der Waals surface area contributed by atoms with Crippen molar-refractivity contribution < 1.29 is 13.9 Å². The van der Waals surface area contributed by atoms with Gasteiger partial charge in [0.25, 0.3) is 0 Å². The van der Waals surface area contributed by atoms with E-state index in [0.717, 1.165) is 31.0 Å². The van der Waals surface area contributed by atoms with Crippen molar-refractivity contribution in [2.75, 3.05) is 0 Å². The third-order valence-electron chi connectivity index (χ3n) is 2.60. The van der Waals surface area contributed by atoms with Crippen molar-refractivity contribution in [2.24, 2.45) is 5.92 Å². The van der Waals surface area contributed by atoms with Gasteiger partial charge in [0.05, 0.1) is 6.10 Å². The molecule has 2 rings (SSSR count). The Hall–Kier alpha value is -0.960. The van der Waals surface area contributed by atoms with Crippen LogP contribution in [-0.4, -0.2) is 11.2 Å². The molecule has 1 fully saturated rings. The Morgan fingerprint density at radius 2 is 2.07 bits per heavy atom. The Morgan fingerprint density at radius 3 is 2.71 bits per heavy atom. The first-order valence-corrected chi connectivity index (χ1v) is 4.79. The van der Waals surface area contributed by atoms with Gasteiger partial charge in [0, 0.05) is 6.42 Å². The van der Waals surface area contributed by atoms with Crippen LogP contribution >= 0.6 is 0 Å². The molecule has 1 N–H and O–H groups in total. The first kappa shape index (κ1) is 9.59. The highest BCUT2D eigenvalue weighted by atomic mass is 19.1. The van der Waals surface area contributed by atoms with Crippen LogP contribution in [0.5, 0.6) is 0 Å². The highest BCUT2D eigenvalue weighted by Crippen LogP contribution is 2.34. The van der Waals surface area contributed by atoms with Crippen LogP contribution in [-0.2, 0) is 6.42 Å². The molecule has 0 aromatic heterocycles. The third-order valence-corrected chi connectivity index (χ3v) is 2.60. The van der Waals surface area contributed by atoms with Crippen LogP contribution in [0.2, 0.25) is 0 Å². The van der Waals surface area contributed by atoms with Gasteiger partial charge in [-0.05, 0) is 42.5 Å². The molecule has 0 saturated heterocycles. The van der Waals surface area contributed by atoms with Crippen molar-refractivity contribution in [1.29, 1.82) is 0 Å². The number of aliphatic hydroxyl groups is 1. The van der Waals surface area contributed by atoms with Crippen LogP contribution in [0, 0.1) is 17.6 Å². The minimum atomic E-state index is -0.522. The maximum atomic E-state index is 13.1. The summed E-state index contributed by atoms with van der Waals surface area (Å²) in [6.07, 6.45) is 1.69. The topological polar surface area (TPSA) is 20.2 Å². The fourth-order valence-corrected chi connectivity index (χ4v) is 1.57. The number of benzene rings is 1. The van der Waals surface area contributed by atoms with Gasteiger partial charge in [-0.1, -0.05) is 0 Å². The second-order valence-corrected chi connectivity index (χ2v) is 3.84. The second-order valence-electron chi connectivity index (χ2n) is 3.84. The predicted molar refractivity (Wildman–Crippen MR) is 48.8 cm³/mol. The van der Waals surface area contributed by atoms with Crippen LogP contribution in [0.4, 0.5) is 8.78 Å². The standard InChI is InChI=1S/C11H12F2O/c12-9-3-4-10(13)8(5-9)6-11(14)7-1-2-7/h3-5,7,11,14H,1-2,6H2. The fourth-order valence-electron chi connectivity index (χ4n) is 1.57. The van der Waals surface area contributed by atoms with Crippen molar-refractivity contribution in [2.45, 2.75) is 25.4 Å². The molecule has 3 heteroatoms. The highest BCUT2D eigenvalue weighted by Gasteiger charge is 2.30. The van der Waals surface area contributed by atoms with Gasteiger partial charge in [-0.2, -0.15) is 0 Å². The molecule has 1 aromatic carbocycles. The summed E-state index contributed by atoms with van der Waals surface area (Å²) < 4.78 is 25.9. The largest absolute Gasteiger partial charge is 0.392 e. The Kier molecular flexibility index (Phi) is 2.50. The molecule has 1 aliphatic carbocycles. The third kappa shape index (κ3) is 2.10. The quantitative estimate of drug-likeness (QED) is 0.790. The minimum absolute atomic E-state index is 0.217. The van der Waals surface area contributed by atoms with E-state index in [1.165, 1.54) is 0 Å². The number of rotatable bonds is 3. The summed E-state index contributed by atoms with van der Waals surface area (Å²) in [6, 6.07) is 3.34. The molecule has 0 amide bonds. The zero-order valence-electron chi connectivity index (χ0n) is 7.71. The lowest BCUT2D eigenvalue weighted by molar-refractivity contribution is 0.150. The molecule has 1 aromatic rings. The Balaban J connectivity index is 2.10. The van der Waals surface area contributed by atoms with E-state index in [2.05, 4.69) is 0 Å². The van der Waals surface area contributed by atoms with Gasteiger partial charge in [0.1, 0.15) is 11.6 Å². The van der Waals surface area contributed by atoms with Gasteiger partial charge in [0.15, 0.2) is 0 Å². The molecule has 0 heterocycles. The summed E-state index contributed by atoms with van der Waals surface area (Å²) in [5.74, 6) is -0.604. The van der Waals surface area contributed by atoms with E-state index >= 15 is 0 Å². The average Bonchev–Trinajstić information content (AvgIpc) is 2.94. The van der Waals surface area contributed by atoms with E-state index in [4.69, 9.17) is 0 Å². The monoisotopic (exact) mass is 198 g/mol. The zero-order chi connectivity index (χ0) is 10.1. The van der Waals surface area contributed by atoms with Gasteiger partial charge in [-0.25, -0.2) is 8.78 Å². The van der Waals surface area contributed by atoms with Gasteiger partial charge >= 0.3 is 0 Å². The van der Waals surface area contributed by atoms with Crippen molar-refractivity contribution in [3.05, 3.63) is 35.4 Å². The van der Waals surface area contributed by atoms with Crippen LogP contribution < -0.4 is 0 Å². The molecule has 1 unspecified atom stereocenters. The molecule has 1 saturated carbocycles. The van der Waals surface area contributed by atoms with Gasteiger partial charge in [-0.3, -0.25) is 0 Å². The summed E-state index contributed by atoms with van der Waals surface area (Å²) >= 11 is 0. The summed E-state index contributed by atoms with van der Waals surface area (Å²) in [5, 5.41) is 9.57. The van der Waals surface area contributed by atoms with Crippen molar-refractivity contribution in [3.63, 3.8) is 0 Å². The summed E-state index contributed by atoms with van der Waals surface area (Å²) in [4.78, 5) is 0. The normalized spacial score (nSPS) is 18.2. The predicted octanol–water partition coefficient (Wildman–Crippen LogP) is 2.28. The van der Waals surface area contributed by atoms with Crippen molar-refractivity contribution in [1.82, 2.24) is 0 Å². The summed E-state index contributed by atoms with van der Waals surface area (Å²) in [5.41, 5.74) is 0.268. The molecule has 76 valence electrons. The van der Waals surface area contributed by atoms with E-state index < -0.39 is 17.7 Å². The van der Waals surface area contributed by atoms with Gasteiger partial charge in [0.2, 0.25) is 0 Å². The van der Waals surface area contributed by atoms with E-state index in [9.17, 15) is 13.9 Å². The van der Waals surface area contributed by atoms with E-state index in [-0.39, 0.29) is 17.9 Å². The SMILES string of the molecule is OC(Cc1cc(F)ccc1F)C1CC1. The lowest BCUT2D eigenvalue weighted by Gasteiger charge is -2.09. The van der Waals surface area contributed by atoms with E-state index in [1.54, 1.807) is 0 Å². The molecule has 0 radical (unpaired) electrons. The highest BCUT2D eigenvalue weighted by molar-refractivity contribution is 5.19. The maximum absolute atomic E-state index is 13.1. The molecule has 1 nitrogen and oxygen atoms in total. The lowest BCUT2D eigenvalue weighted by atomic mass is 10.0. The Morgan fingerprint density at radius 1 is 1.36 bits per heavy atom. The molecular weight excluding hydrogens is 186 g/mol. The molecule has 0 bridgehead atoms. The lowest BCUT2D eigenvalue weighted by Crippen LogP contribution is -2.13. The second kappa shape index (κ2) is 3.65. The molecular formula is C11H12F2O. The molecule has 0 spiro atoms. The molecule has 1 atom stereocenters. The Bertz CT molecular complexity index is 334. The maximum Gasteiger partial charge on any atom is 0.126 e. The molecule has 14 heavy (non-hydrogen) atoms.